The average molecular weight is 310 g/mol. The van der Waals surface area contributed by atoms with Crippen LogP contribution < -0.4 is 5.32 Å². The zero-order valence-electron chi connectivity index (χ0n) is 14.2. The van der Waals surface area contributed by atoms with E-state index in [0.717, 1.165) is 38.9 Å². The minimum absolute atomic E-state index is 0.0984. The van der Waals surface area contributed by atoms with Crippen LogP contribution in [0.4, 0.5) is 4.79 Å². The van der Waals surface area contributed by atoms with Gasteiger partial charge >= 0.3 is 6.03 Å². The number of carbonyl (C=O) groups excluding carboxylic acids is 2. The molecular weight excluding hydrogens is 280 g/mol. The molecule has 0 aliphatic carbocycles. The van der Waals surface area contributed by atoms with Gasteiger partial charge in [0.05, 0.1) is 5.54 Å². The van der Waals surface area contributed by atoms with Crippen LogP contribution >= 0.6 is 0 Å². The van der Waals surface area contributed by atoms with Crippen LogP contribution in [0.5, 0.6) is 0 Å². The summed E-state index contributed by atoms with van der Waals surface area (Å²) in [5.74, 6) is 0.224. The van der Waals surface area contributed by atoms with Crippen molar-refractivity contribution in [3.63, 3.8) is 0 Å². The van der Waals surface area contributed by atoms with Crippen molar-refractivity contribution < 1.29 is 9.59 Å². The molecule has 0 saturated carbocycles. The molecule has 1 unspecified atom stereocenters. The van der Waals surface area contributed by atoms with E-state index in [2.05, 4.69) is 12.2 Å². The Labute approximate surface area is 133 Å². The van der Waals surface area contributed by atoms with E-state index >= 15 is 0 Å². The molecule has 2 heterocycles. The van der Waals surface area contributed by atoms with Gasteiger partial charge in [-0.1, -0.05) is 6.92 Å². The Morgan fingerprint density at radius 3 is 2.09 bits per heavy atom. The Morgan fingerprint density at radius 1 is 1.05 bits per heavy atom. The maximum absolute atomic E-state index is 12.8. The quantitative estimate of drug-likeness (QED) is 0.847. The standard InChI is InChI=1S/C16H30N4O2/c1-4-16(8-7-9-17-16)14(21)19-10-12-20(13-11-19)15(22)18(5-2)6-3/h17H,4-13H2,1-3H3. The number of rotatable bonds is 4. The molecule has 0 radical (unpaired) electrons. The number of nitrogens with zero attached hydrogens (tertiary/aromatic N) is 3. The van der Waals surface area contributed by atoms with E-state index in [1.54, 1.807) is 0 Å². The minimum atomic E-state index is -0.356. The molecule has 3 amide bonds. The summed E-state index contributed by atoms with van der Waals surface area (Å²) in [6.07, 6.45) is 2.84. The lowest BCUT2D eigenvalue weighted by atomic mass is 9.92. The van der Waals surface area contributed by atoms with Gasteiger partial charge in [0.1, 0.15) is 0 Å². The summed E-state index contributed by atoms with van der Waals surface area (Å²) >= 11 is 0. The van der Waals surface area contributed by atoms with E-state index in [0.29, 0.717) is 26.2 Å². The van der Waals surface area contributed by atoms with Gasteiger partial charge in [0, 0.05) is 39.3 Å². The zero-order chi connectivity index (χ0) is 16.2. The van der Waals surface area contributed by atoms with Crippen molar-refractivity contribution in [2.75, 3.05) is 45.8 Å². The fourth-order valence-corrected chi connectivity index (χ4v) is 3.54. The molecule has 126 valence electrons. The van der Waals surface area contributed by atoms with Gasteiger partial charge in [-0.15, -0.1) is 0 Å². The largest absolute Gasteiger partial charge is 0.338 e. The second-order valence-corrected chi connectivity index (χ2v) is 6.20. The summed E-state index contributed by atoms with van der Waals surface area (Å²) in [5.41, 5.74) is -0.356. The minimum Gasteiger partial charge on any atom is -0.338 e. The number of piperazine rings is 1. The molecule has 0 aromatic rings. The number of carbonyl (C=O) groups is 2. The fourth-order valence-electron chi connectivity index (χ4n) is 3.54. The third-order valence-corrected chi connectivity index (χ3v) is 5.13. The smallest absolute Gasteiger partial charge is 0.320 e. The Balaban J connectivity index is 1.92. The van der Waals surface area contributed by atoms with Crippen LogP contribution in [0.3, 0.4) is 0 Å². The maximum atomic E-state index is 12.8. The first kappa shape index (κ1) is 17.1. The molecule has 0 aromatic carbocycles. The van der Waals surface area contributed by atoms with Crippen molar-refractivity contribution in [2.45, 2.75) is 45.6 Å². The molecule has 2 aliphatic heterocycles. The third kappa shape index (κ3) is 3.21. The van der Waals surface area contributed by atoms with Gasteiger partial charge in [0.15, 0.2) is 0 Å². The molecule has 2 saturated heterocycles. The Morgan fingerprint density at radius 2 is 1.64 bits per heavy atom. The molecule has 2 fully saturated rings. The third-order valence-electron chi connectivity index (χ3n) is 5.13. The van der Waals surface area contributed by atoms with Gasteiger partial charge in [-0.05, 0) is 39.7 Å². The Kier molecular flexibility index (Phi) is 5.67. The highest BCUT2D eigenvalue weighted by Crippen LogP contribution is 2.26. The number of hydrogen-bond acceptors (Lipinski definition) is 3. The first-order chi connectivity index (χ1) is 10.6. The molecule has 0 spiro atoms. The molecule has 2 aliphatic rings. The lowest BCUT2D eigenvalue weighted by Crippen LogP contribution is -2.60. The highest BCUT2D eigenvalue weighted by atomic mass is 16.2. The van der Waals surface area contributed by atoms with Crippen molar-refractivity contribution in [1.29, 1.82) is 0 Å². The fraction of sp³-hybridized carbons (Fsp3) is 0.875. The number of nitrogens with one attached hydrogen (secondary N) is 1. The molecule has 22 heavy (non-hydrogen) atoms. The number of hydrogen-bond donors (Lipinski definition) is 1. The van der Waals surface area contributed by atoms with Crippen molar-refractivity contribution in [1.82, 2.24) is 20.0 Å². The summed E-state index contributed by atoms with van der Waals surface area (Å²) < 4.78 is 0. The lowest BCUT2D eigenvalue weighted by molar-refractivity contribution is -0.139. The molecule has 2 rings (SSSR count). The van der Waals surface area contributed by atoms with Crippen molar-refractivity contribution >= 4 is 11.9 Å². The van der Waals surface area contributed by atoms with Crippen molar-refractivity contribution in [2.24, 2.45) is 0 Å². The van der Waals surface area contributed by atoms with E-state index in [-0.39, 0.29) is 17.5 Å². The summed E-state index contributed by atoms with van der Waals surface area (Å²) in [6.45, 7) is 11.0. The van der Waals surface area contributed by atoms with Crippen LogP contribution in [0, 0.1) is 0 Å². The predicted molar refractivity (Wildman–Crippen MR) is 86.7 cm³/mol. The van der Waals surface area contributed by atoms with E-state index < -0.39 is 0 Å². The second-order valence-electron chi connectivity index (χ2n) is 6.20. The van der Waals surface area contributed by atoms with Crippen molar-refractivity contribution in [3.8, 4) is 0 Å². The molecular formula is C16H30N4O2. The highest BCUT2D eigenvalue weighted by Gasteiger charge is 2.42. The van der Waals surface area contributed by atoms with E-state index in [1.165, 1.54) is 0 Å². The predicted octanol–water partition coefficient (Wildman–Crippen LogP) is 1.12. The van der Waals surface area contributed by atoms with Gasteiger partial charge in [-0.25, -0.2) is 4.79 Å². The molecule has 6 nitrogen and oxygen atoms in total. The van der Waals surface area contributed by atoms with Gasteiger partial charge in [-0.3, -0.25) is 4.79 Å². The summed E-state index contributed by atoms with van der Waals surface area (Å²) in [6, 6.07) is 0.0984. The van der Waals surface area contributed by atoms with Gasteiger partial charge in [0.25, 0.3) is 0 Å². The molecule has 1 N–H and O–H groups in total. The Bertz CT molecular complexity index is 395. The summed E-state index contributed by atoms with van der Waals surface area (Å²) in [4.78, 5) is 30.8. The van der Waals surface area contributed by atoms with Gasteiger partial charge in [0.2, 0.25) is 5.91 Å². The first-order valence-electron chi connectivity index (χ1n) is 8.66. The van der Waals surface area contributed by atoms with E-state index in [1.807, 2.05) is 28.5 Å². The summed E-state index contributed by atoms with van der Waals surface area (Å²) in [5, 5.41) is 3.41. The van der Waals surface area contributed by atoms with E-state index in [4.69, 9.17) is 0 Å². The molecule has 6 heteroatoms. The second kappa shape index (κ2) is 7.31. The van der Waals surface area contributed by atoms with E-state index in [9.17, 15) is 9.59 Å². The molecule has 1 atom stereocenters. The van der Waals surface area contributed by atoms with Gasteiger partial charge in [-0.2, -0.15) is 0 Å². The zero-order valence-corrected chi connectivity index (χ0v) is 14.2. The lowest BCUT2D eigenvalue weighted by Gasteiger charge is -2.40. The van der Waals surface area contributed by atoms with Crippen LogP contribution in [-0.4, -0.2) is 78.0 Å². The summed E-state index contributed by atoms with van der Waals surface area (Å²) in [7, 11) is 0. The Hall–Kier alpha value is -1.30. The SMILES string of the molecule is CCN(CC)C(=O)N1CCN(C(=O)C2(CC)CCCN2)CC1. The van der Waals surface area contributed by atoms with Crippen LogP contribution in [0.25, 0.3) is 0 Å². The highest BCUT2D eigenvalue weighted by molar-refractivity contribution is 5.87. The van der Waals surface area contributed by atoms with Crippen molar-refractivity contribution in [3.05, 3.63) is 0 Å². The molecule has 0 aromatic heterocycles. The normalized spacial score (nSPS) is 25.4. The van der Waals surface area contributed by atoms with Gasteiger partial charge < -0.3 is 20.0 Å². The van der Waals surface area contributed by atoms with Crippen LogP contribution in [0.1, 0.15) is 40.0 Å². The van der Waals surface area contributed by atoms with Crippen LogP contribution in [-0.2, 0) is 4.79 Å². The number of amides is 3. The number of urea groups is 1. The topological polar surface area (TPSA) is 55.9 Å². The molecule has 0 bridgehead atoms. The van der Waals surface area contributed by atoms with Crippen LogP contribution in [0.15, 0.2) is 0 Å². The maximum Gasteiger partial charge on any atom is 0.320 e. The monoisotopic (exact) mass is 310 g/mol. The first-order valence-corrected chi connectivity index (χ1v) is 8.66. The average Bonchev–Trinajstić information content (AvgIpc) is 3.05. The van der Waals surface area contributed by atoms with Crippen LogP contribution in [0.2, 0.25) is 0 Å².